The minimum atomic E-state index is -0.447. The molecule has 0 heterocycles. The molecule has 0 aromatic heterocycles. The number of aliphatic hydroxyl groups is 1. The minimum Gasteiger partial charge on any atom is -0.392 e. The average Bonchev–Trinajstić information content (AvgIpc) is 2.35. The fourth-order valence-corrected chi connectivity index (χ4v) is 3.04. The van der Waals surface area contributed by atoms with E-state index < -0.39 is 6.10 Å². The second-order valence-corrected chi connectivity index (χ2v) is 6.08. The lowest BCUT2D eigenvalue weighted by molar-refractivity contribution is 0.0104. The number of halogens is 2. The lowest BCUT2D eigenvalue weighted by atomic mass is 9.70. The summed E-state index contributed by atoms with van der Waals surface area (Å²) in [6, 6.07) is 4.33. The summed E-state index contributed by atoms with van der Waals surface area (Å²) in [5.41, 5.74) is 0.657. The molecule has 0 aliphatic heterocycles. The van der Waals surface area contributed by atoms with Crippen LogP contribution in [0.25, 0.3) is 0 Å². The van der Waals surface area contributed by atoms with E-state index in [2.05, 4.69) is 6.92 Å². The molecule has 0 saturated heterocycles. The molecular weight excluding hydrogens is 251 g/mol. The van der Waals surface area contributed by atoms with Crippen molar-refractivity contribution in [2.45, 2.75) is 51.6 Å². The molecule has 1 N–H and O–H groups in total. The van der Waals surface area contributed by atoms with Crippen molar-refractivity contribution < 1.29 is 9.50 Å². The van der Waals surface area contributed by atoms with Crippen LogP contribution in [0.15, 0.2) is 18.2 Å². The lowest BCUT2D eigenvalue weighted by Gasteiger charge is -2.38. The maximum Gasteiger partial charge on any atom is 0.123 e. The molecule has 1 saturated carbocycles. The van der Waals surface area contributed by atoms with Gasteiger partial charge in [0.05, 0.1) is 6.10 Å². The quantitative estimate of drug-likeness (QED) is 0.866. The molecule has 0 radical (unpaired) electrons. The van der Waals surface area contributed by atoms with E-state index in [1.165, 1.54) is 31.4 Å². The monoisotopic (exact) mass is 270 g/mol. The molecule has 0 amide bonds. The summed E-state index contributed by atoms with van der Waals surface area (Å²) in [6.07, 6.45) is 5.67. The van der Waals surface area contributed by atoms with Gasteiger partial charge in [-0.05, 0) is 42.0 Å². The van der Waals surface area contributed by atoms with Crippen molar-refractivity contribution in [3.63, 3.8) is 0 Å². The highest BCUT2D eigenvalue weighted by atomic mass is 35.5. The van der Waals surface area contributed by atoms with Crippen LogP contribution >= 0.6 is 11.6 Å². The first-order valence-corrected chi connectivity index (χ1v) is 7.01. The van der Waals surface area contributed by atoms with Crippen molar-refractivity contribution in [2.24, 2.45) is 5.41 Å². The SMILES string of the molecule is CC1(C(O)Cc2cc(F)ccc2Cl)CCCCC1. The molecule has 1 atom stereocenters. The van der Waals surface area contributed by atoms with Gasteiger partial charge in [-0.25, -0.2) is 4.39 Å². The molecule has 0 spiro atoms. The van der Waals surface area contributed by atoms with Gasteiger partial charge in [0.25, 0.3) is 0 Å². The molecule has 1 aliphatic rings. The zero-order valence-electron chi connectivity index (χ0n) is 10.8. The summed E-state index contributed by atoms with van der Waals surface area (Å²) < 4.78 is 13.2. The summed E-state index contributed by atoms with van der Waals surface area (Å²) >= 11 is 6.05. The Hall–Kier alpha value is -0.600. The van der Waals surface area contributed by atoms with Gasteiger partial charge in [-0.15, -0.1) is 0 Å². The Morgan fingerprint density at radius 1 is 1.33 bits per heavy atom. The van der Waals surface area contributed by atoms with E-state index in [-0.39, 0.29) is 11.2 Å². The first-order valence-electron chi connectivity index (χ1n) is 6.63. The topological polar surface area (TPSA) is 20.2 Å². The van der Waals surface area contributed by atoms with Crippen molar-refractivity contribution in [1.29, 1.82) is 0 Å². The molecule has 18 heavy (non-hydrogen) atoms. The molecule has 2 rings (SSSR count). The van der Waals surface area contributed by atoms with Gasteiger partial charge >= 0.3 is 0 Å². The molecule has 1 nitrogen and oxygen atoms in total. The van der Waals surface area contributed by atoms with Crippen LogP contribution in [-0.2, 0) is 6.42 Å². The molecular formula is C15H20ClFO. The Morgan fingerprint density at radius 3 is 2.67 bits per heavy atom. The maximum atomic E-state index is 13.2. The van der Waals surface area contributed by atoms with Crippen LogP contribution in [0.2, 0.25) is 5.02 Å². The third-order valence-electron chi connectivity index (χ3n) is 4.22. The van der Waals surface area contributed by atoms with Crippen molar-refractivity contribution in [3.05, 3.63) is 34.6 Å². The van der Waals surface area contributed by atoms with E-state index in [4.69, 9.17) is 11.6 Å². The van der Waals surface area contributed by atoms with Crippen molar-refractivity contribution in [3.8, 4) is 0 Å². The van der Waals surface area contributed by atoms with Crippen LogP contribution in [0.4, 0.5) is 4.39 Å². The Kier molecular flexibility index (Phi) is 4.29. The summed E-state index contributed by atoms with van der Waals surface area (Å²) in [6.45, 7) is 2.13. The molecule has 1 aromatic rings. The van der Waals surface area contributed by atoms with Crippen LogP contribution in [-0.4, -0.2) is 11.2 Å². The maximum absolute atomic E-state index is 13.2. The highest BCUT2D eigenvalue weighted by Crippen LogP contribution is 2.40. The second-order valence-electron chi connectivity index (χ2n) is 5.67. The number of aliphatic hydroxyl groups excluding tert-OH is 1. The van der Waals surface area contributed by atoms with E-state index in [9.17, 15) is 9.50 Å². The standard InChI is InChI=1S/C15H20ClFO/c1-15(7-3-2-4-8-15)14(18)10-11-9-12(17)5-6-13(11)16/h5-6,9,14,18H,2-4,7-8,10H2,1H3. The van der Waals surface area contributed by atoms with E-state index >= 15 is 0 Å². The largest absolute Gasteiger partial charge is 0.392 e. The summed E-state index contributed by atoms with van der Waals surface area (Å²) in [7, 11) is 0. The summed E-state index contributed by atoms with van der Waals surface area (Å²) in [5.74, 6) is -0.296. The molecule has 3 heteroatoms. The molecule has 1 aliphatic carbocycles. The van der Waals surface area contributed by atoms with Gasteiger partial charge in [-0.2, -0.15) is 0 Å². The van der Waals surface area contributed by atoms with Crippen LogP contribution in [0.1, 0.15) is 44.6 Å². The average molecular weight is 271 g/mol. The van der Waals surface area contributed by atoms with E-state index in [0.717, 1.165) is 12.8 Å². The van der Waals surface area contributed by atoms with Gasteiger partial charge in [0.2, 0.25) is 0 Å². The Balaban J connectivity index is 2.10. The van der Waals surface area contributed by atoms with Crippen LogP contribution in [0, 0.1) is 11.2 Å². The van der Waals surface area contributed by atoms with Gasteiger partial charge < -0.3 is 5.11 Å². The van der Waals surface area contributed by atoms with Gasteiger partial charge in [-0.3, -0.25) is 0 Å². The molecule has 0 bridgehead atoms. The lowest BCUT2D eigenvalue weighted by Crippen LogP contribution is -2.35. The number of hydrogen-bond donors (Lipinski definition) is 1. The predicted octanol–water partition coefficient (Wildman–Crippen LogP) is 4.35. The first kappa shape index (κ1) is 13.8. The second kappa shape index (κ2) is 5.58. The smallest absolute Gasteiger partial charge is 0.123 e. The first-order chi connectivity index (χ1) is 8.51. The molecule has 1 fully saturated rings. The van der Waals surface area contributed by atoms with Crippen molar-refractivity contribution in [2.75, 3.05) is 0 Å². The summed E-state index contributed by atoms with van der Waals surface area (Å²) in [4.78, 5) is 0. The number of benzene rings is 1. The zero-order chi connectivity index (χ0) is 13.2. The highest BCUT2D eigenvalue weighted by molar-refractivity contribution is 6.31. The van der Waals surface area contributed by atoms with Gasteiger partial charge in [-0.1, -0.05) is 37.8 Å². The van der Waals surface area contributed by atoms with E-state index in [0.29, 0.717) is 17.0 Å². The van der Waals surface area contributed by atoms with Crippen molar-refractivity contribution >= 4 is 11.6 Å². The Labute approximate surface area is 113 Å². The number of hydrogen-bond acceptors (Lipinski definition) is 1. The van der Waals surface area contributed by atoms with Crippen LogP contribution in [0.5, 0.6) is 0 Å². The highest BCUT2D eigenvalue weighted by Gasteiger charge is 2.34. The fraction of sp³-hybridized carbons (Fsp3) is 0.600. The molecule has 1 aromatic carbocycles. The Morgan fingerprint density at radius 2 is 2.00 bits per heavy atom. The van der Waals surface area contributed by atoms with Crippen LogP contribution < -0.4 is 0 Å². The number of rotatable bonds is 3. The fourth-order valence-electron chi connectivity index (χ4n) is 2.85. The van der Waals surface area contributed by atoms with Gasteiger partial charge in [0.1, 0.15) is 5.82 Å². The molecule has 100 valence electrons. The van der Waals surface area contributed by atoms with Crippen molar-refractivity contribution in [1.82, 2.24) is 0 Å². The third kappa shape index (κ3) is 3.04. The predicted molar refractivity (Wildman–Crippen MR) is 72.3 cm³/mol. The van der Waals surface area contributed by atoms with Crippen LogP contribution in [0.3, 0.4) is 0 Å². The molecule has 1 unspecified atom stereocenters. The summed E-state index contributed by atoms with van der Waals surface area (Å²) in [5, 5.41) is 11.0. The Bertz CT molecular complexity index is 413. The van der Waals surface area contributed by atoms with Gasteiger partial charge in [0, 0.05) is 11.4 Å². The minimum absolute atomic E-state index is 0.0477. The third-order valence-corrected chi connectivity index (χ3v) is 4.59. The zero-order valence-corrected chi connectivity index (χ0v) is 11.5. The van der Waals surface area contributed by atoms with E-state index in [1.807, 2.05) is 0 Å². The van der Waals surface area contributed by atoms with E-state index in [1.54, 1.807) is 6.07 Å². The normalized spacial score (nSPS) is 20.7. The van der Waals surface area contributed by atoms with Gasteiger partial charge in [0.15, 0.2) is 0 Å².